The van der Waals surface area contributed by atoms with Crippen LogP contribution in [0.25, 0.3) is 5.52 Å². The van der Waals surface area contributed by atoms with E-state index >= 15 is 0 Å². The van der Waals surface area contributed by atoms with Crippen LogP contribution in [-0.4, -0.2) is 53.8 Å². The summed E-state index contributed by atoms with van der Waals surface area (Å²) in [6.07, 6.45) is -2.61. The van der Waals surface area contributed by atoms with Gasteiger partial charge in [0.15, 0.2) is 11.4 Å². The molecule has 0 spiro atoms. The third kappa shape index (κ3) is 1.19. The van der Waals surface area contributed by atoms with Crippen LogP contribution in [0.4, 0.5) is 5.82 Å². The SMILES string of the molecule is N#C[C@@]1(c2ccc3c(N)ncnn23)O[C@@H]2C(O)[C@]2(O)[C@H]1O. The zero-order valence-corrected chi connectivity index (χ0v) is 10.6. The number of hydrogen-bond acceptors (Lipinski definition) is 8. The first-order valence-electron chi connectivity index (χ1n) is 6.23. The number of nitrogen functional groups attached to an aromatic ring is 1. The molecule has 1 aliphatic carbocycles. The molecule has 9 nitrogen and oxygen atoms in total. The Bertz CT molecular complexity index is 801. The maximum absolute atomic E-state index is 10.3. The van der Waals surface area contributed by atoms with Crippen molar-refractivity contribution in [2.24, 2.45) is 0 Å². The molecule has 0 aromatic carbocycles. The van der Waals surface area contributed by atoms with Crippen molar-refractivity contribution in [2.75, 3.05) is 5.73 Å². The molecule has 4 rings (SSSR count). The van der Waals surface area contributed by atoms with Crippen LogP contribution in [0.5, 0.6) is 0 Å². The van der Waals surface area contributed by atoms with Crippen molar-refractivity contribution < 1.29 is 20.1 Å². The van der Waals surface area contributed by atoms with Crippen molar-refractivity contribution in [3.8, 4) is 6.07 Å². The summed E-state index contributed by atoms with van der Waals surface area (Å²) in [5.41, 5.74) is 2.73. The number of anilines is 1. The van der Waals surface area contributed by atoms with Crippen molar-refractivity contribution in [1.29, 1.82) is 5.26 Å². The highest BCUT2D eigenvalue weighted by Gasteiger charge is 2.81. The van der Waals surface area contributed by atoms with Gasteiger partial charge >= 0.3 is 0 Å². The molecule has 2 aromatic heterocycles. The smallest absolute Gasteiger partial charge is 0.226 e. The van der Waals surface area contributed by atoms with Gasteiger partial charge in [0.2, 0.25) is 5.60 Å². The fourth-order valence-corrected chi connectivity index (χ4v) is 2.99. The van der Waals surface area contributed by atoms with Gasteiger partial charge in [-0.05, 0) is 12.1 Å². The number of ether oxygens (including phenoxy) is 1. The summed E-state index contributed by atoms with van der Waals surface area (Å²) >= 11 is 0. The van der Waals surface area contributed by atoms with Crippen molar-refractivity contribution >= 4 is 11.3 Å². The number of nitriles is 1. The summed E-state index contributed by atoms with van der Waals surface area (Å²) in [6, 6.07) is 4.99. The Morgan fingerprint density at radius 1 is 1.43 bits per heavy atom. The van der Waals surface area contributed by atoms with Gasteiger partial charge in [-0.15, -0.1) is 0 Å². The second-order valence-electron chi connectivity index (χ2n) is 5.28. The molecule has 21 heavy (non-hydrogen) atoms. The molecular weight excluding hydrogens is 278 g/mol. The molecule has 5 atom stereocenters. The maximum Gasteiger partial charge on any atom is 0.226 e. The maximum atomic E-state index is 10.3. The Morgan fingerprint density at radius 3 is 2.81 bits per heavy atom. The molecular formula is C12H11N5O4. The quantitative estimate of drug-likeness (QED) is 0.466. The molecule has 1 saturated heterocycles. The molecule has 2 aromatic rings. The van der Waals surface area contributed by atoms with Gasteiger partial charge in [-0.2, -0.15) is 10.4 Å². The van der Waals surface area contributed by atoms with Gasteiger partial charge in [-0.3, -0.25) is 0 Å². The molecule has 0 radical (unpaired) electrons. The minimum Gasteiger partial charge on any atom is -0.387 e. The topological polar surface area (TPSA) is 150 Å². The van der Waals surface area contributed by atoms with Gasteiger partial charge in [-0.1, -0.05) is 0 Å². The number of aromatic nitrogens is 3. The summed E-state index contributed by atoms with van der Waals surface area (Å²) in [4.78, 5) is 3.83. The van der Waals surface area contributed by atoms with E-state index in [1.165, 1.54) is 16.9 Å². The van der Waals surface area contributed by atoms with Crippen LogP contribution in [0, 0.1) is 11.3 Å². The van der Waals surface area contributed by atoms with Crippen LogP contribution >= 0.6 is 0 Å². The highest BCUT2D eigenvalue weighted by molar-refractivity contribution is 5.66. The molecule has 9 heteroatoms. The molecule has 1 aliphatic heterocycles. The Balaban J connectivity index is 1.92. The first kappa shape index (κ1) is 12.5. The number of hydrogen-bond donors (Lipinski definition) is 4. The Kier molecular flexibility index (Phi) is 2.08. The van der Waals surface area contributed by atoms with Gasteiger partial charge in [0.25, 0.3) is 0 Å². The van der Waals surface area contributed by atoms with Gasteiger partial charge in [-0.25, -0.2) is 9.50 Å². The van der Waals surface area contributed by atoms with Crippen molar-refractivity contribution in [3.63, 3.8) is 0 Å². The molecule has 2 fully saturated rings. The number of fused-ring (bicyclic) bond motifs is 2. The molecule has 1 saturated carbocycles. The number of nitrogens with two attached hydrogens (primary N) is 1. The minimum absolute atomic E-state index is 0.209. The third-order valence-corrected chi connectivity index (χ3v) is 4.27. The van der Waals surface area contributed by atoms with Crippen molar-refractivity contribution in [1.82, 2.24) is 14.6 Å². The van der Waals surface area contributed by atoms with E-state index in [9.17, 15) is 20.6 Å². The average Bonchev–Trinajstić information content (AvgIpc) is 2.84. The molecule has 0 bridgehead atoms. The predicted molar refractivity (Wildman–Crippen MR) is 66.5 cm³/mol. The van der Waals surface area contributed by atoms with Crippen LogP contribution in [-0.2, 0) is 10.3 Å². The Morgan fingerprint density at radius 2 is 2.19 bits per heavy atom. The highest BCUT2D eigenvalue weighted by atomic mass is 16.6. The average molecular weight is 289 g/mol. The normalized spacial score (nSPS) is 41.0. The summed E-state index contributed by atoms with van der Waals surface area (Å²) in [5.74, 6) is 0.209. The number of aliphatic hydroxyl groups is 3. The van der Waals surface area contributed by atoms with Crippen LogP contribution in [0.1, 0.15) is 5.69 Å². The Labute approximate surface area is 117 Å². The van der Waals surface area contributed by atoms with E-state index in [4.69, 9.17) is 10.5 Å². The monoisotopic (exact) mass is 289 g/mol. The summed E-state index contributed by atoms with van der Waals surface area (Å²) in [7, 11) is 0. The standard InChI is InChI=1S/C12H11N5O4/c13-3-11(10(19)12(20)7(18)8(12)21-11)6-2-1-5-9(14)15-4-16-17(5)6/h1-2,4,7-8,10,18-20H,(H2,14,15,16)/t7?,8-,10+,11+,12-/m1/s1. The second-order valence-corrected chi connectivity index (χ2v) is 5.28. The molecule has 0 amide bonds. The Hall–Kier alpha value is -2.25. The largest absolute Gasteiger partial charge is 0.387 e. The molecule has 1 unspecified atom stereocenters. The van der Waals surface area contributed by atoms with Gasteiger partial charge in [0, 0.05) is 0 Å². The van der Waals surface area contributed by atoms with Gasteiger partial charge < -0.3 is 25.8 Å². The molecule has 3 heterocycles. The predicted octanol–water partition coefficient (Wildman–Crippen LogP) is -2.10. The van der Waals surface area contributed by atoms with E-state index in [-0.39, 0.29) is 11.5 Å². The first-order chi connectivity index (χ1) is 9.96. The lowest BCUT2D eigenvalue weighted by molar-refractivity contribution is -0.106. The van der Waals surface area contributed by atoms with Crippen LogP contribution < -0.4 is 5.73 Å². The minimum atomic E-state index is -1.83. The summed E-state index contributed by atoms with van der Waals surface area (Å²) in [5, 5.41) is 43.6. The zero-order valence-electron chi connectivity index (χ0n) is 10.6. The van der Waals surface area contributed by atoms with E-state index in [1.807, 2.05) is 6.07 Å². The fourth-order valence-electron chi connectivity index (χ4n) is 2.99. The van der Waals surface area contributed by atoms with Gasteiger partial charge in [0.05, 0.1) is 5.69 Å². The fraction of sp³-hybridized carbons (Fsp3) is 0.417. The van der Waals surface area contributed by atoms with Crippen LogP contribution in [0.2, 0.25) is 0 Å². The number of rotatable bonds is 1. The first-order valence-corrected chi connectivity index (χ1v) is 6.23. The molecule has 5 N–H and O–H groups in total. The zero-order chi connectivity index (χ0) is 15.0. The van der Waals surface area contributed by atoms with Crippen molar-refractivity contribution in [3.05, 3.63) is 24.2 Å². The van der Waals surface area contributed by atoms with E-state index in [0.717, 1.165) is 0 Å². The summed E-state index contributed by atoms with van der Waals surface area (Å²) in [6.45, 7) is 0. The van der Waals surface area contributed by atoms with E-state index in [2.05, 4.69) is 10.1 Å². The lowest BCUT2D eigenvalue weighted by Crippen LogP contribution is -2.47. The number of aliphatic hydroxyl groups excluding tert-OH is 2. The third-order valence-electron chi connectivity index (χ3n) is 4.27. The van der Waals surface area contributed by atoms with Crippen LogP contribution in [0.3, 0.4) is 0 Å². The number of nitrogens with zero attached hydrogens (tertiary/aromatic N) is 4. The van der Waals surface area contributed by atoms with E-state index in [1.54, 1.807) is 6.07 Å². The highest BCUT2D eigenvalue weighted by Crippen LogP contribution is 2.57. The van der Waals surface area contributed by atoms with Crippen molar-refractivity contribution in [2.45, 2.75) is 29.5 Å². The molecule has 108 valence electrons. The lowest BCUT2D eigenvalue weighted by Gasteiger charge is -2.28. The lowest BCUT2D eigenvalue weighted by atomic mass is 9.90. The summed E-state index contributed by atoms with van der Waals surface area (Å²) < 4.78 is 6.79. The van der Waals surface area contributed by atoms with Gasteiger partial charge in [0.1, 0.15) is 36.2 Å². The van der Waals surface area contributed by atoms with E-state index < -0.39 is 29.5 Å². The van der Waals surface area contributed by atoms with E-state index in [0.29, 0.717) is 5.52 Å². The molecule has 2 aliphatic rings. The van der Waals surface area contributed by atoms with Crippen LogP contribution in [0.15, 0.2) is 18.5 Å². The second kappa shape index (κ2) is 3.49.